The van der Waals surface area contributed by atoms with Gasteiger partial charge in [-0.1, -0.05) is 27.7 Å². The zero-order valence-electron chi connectivity index (χ0n) is 12.8. The molecule has 1 N–H and O–H groups in total. The highest BCUT2D eigenvalue weighted by Crippen LogP contribution is 2.35. The molecule has 0 unspecified atom stereocenters. The highest BCUT2D eigenvalue weighted by Gasteiger charge is 2.09. The largest absolute Gasteiger partial charge is 0.491 e. The van der Waals surface area contributed by atoms with Crippen molar-refractivity contribution < 1.29 is 4.74 Å². The minimum Gasteiger partial charge on any atom is -0.491 e. The molecule has 0 aromatic heterocycles. The summed E-state index contributed by atoms with van der Waals surface area (Å²) in [4.78, 5) is 0. The molecule has 1 aromatic rings. The lowest BCUT2D eigenvalue weighted by Crippen LogP contribution is -2.19. The third-order valence-electron chi connectivity index (χ3n) is 2.88. The SMILES string of the molecule is CC(C)CCOc1c(Br)cc(CNCC(C)C)cc1Br. The van der Waals surface area contributed by atoms with E-state index in [0.29, 0.717) is 11.8 Å². The molecule has 0 aliphatic rings. The summed E-state index contributed by atoms with van der Waals surface area (Å²) < 4.78 is 7.88. The van der Waals surface area contributed by atoms with Crippen LogP contribution in [0.5, 0.6) is 5.75 Å². The zero-order valence-corrected chi connectivity index (χ0v) is 16.0. The Morgan fingerprint density at radius 3 is 2.15 bits per heavy atom. The van der Waals surface area contributed by atoms with Crippen molar-refractivity contribution in [2.24, 2.45) is 11.8 Å². The lowest BCUT2D eigenvalue weighted by Gasteiger charge is -2.14. The van der Waals surface area contributed by atoms with Gasteiger partial charge in [-0.3, -0.25) is 0 Å². The van der Waals surface area contributed by atoms with Crippen LogP contribution in [0.2, 0.25) is 0 Å². The third-order valence-corrected chi connectivity index (χ3v) is 4.06. The summed E-state index contributed by atoms with van der Waals surface area (Å²) in [5.74, 6) is 2.23. The van der Waals surface area contributed by atoms with Crippen molar-refractivity contribution in [1.82, 2.24) is 5.32 Å². The van der Waals surface area contributed by atoms with Crippen LogP contribution in [0.4, 0.5) is 0 Å². The van der Waals surface area contributed by atoms with E-state index < -0.39 is 0 Å². The molecule has 0 saturated heterocycles. The minimum atomic E-state index is 0.659. The normalized spacial score (nSPS) is 11.4. The summed E-state index contributed by atoms with van der Waals surface area (Å²) in [5.41, 5.74) is 1.25. The quantitative estimate of drug-likeness (QED) is 0.625. The van der Waals surface area contributed by atoms with Crippen LogP contribution in [0.1, 0.15) is 39.7 Å². The van der Waals surface area contributed by atoms with Gasteiger partial charge in [0.25, 0.3) is 0 Å². The van der Waals surface area contributed by atoms with E-state index >= 15 is 0 Å². The molecule has 0 aliphatic heterocycles. The maximum atomic E-state index is 5.86. The van der Waals surface area contributed by atoms with E-state index in [2.05, 4.69) is 77.0 Å². The molecular weight excluding hydrogens is 382 g/mol. The van der Waals surface area contributed by atoms with Crippen molar-refractivity contribution in [3.05, 3.63) is 26.6 Å². The lowest BCUT2D eigenvalue weighted by atomic mass is 10.1. The molecule has 2 nitrogen and oxygen atoms in total. The van der Waals surface area contributed by atoms with Gasteiger partial charge in [-0.05, 0) is 74.4 Å². The van der Waals surface area contributed by atoms with E-state index in [9.17, 15) is 0 Å². The molecule has 0 bridgehead atoms. The van der Waals surface area contributed by atoms with Crippen LogP contribution in [-0.2, 0) is 6.54 Å². The Bertz CT molecular complexity index is 396. The third kappa shape index (κ3) is 6.59. The fourth-order valence-corrected chi connectivity index (χ4v) is 3.26. The lowest BCUT2D eigenvalue weighted by molar-refractivity contribution is 0.286. The van der Waals surface area contributed by atoms with Gasteiger partial charge in [0.15, 0.2) is 0 Å². The van der Waals surface area contributed by atoms with Crippen LogP contribution in [0.15, 0.2) is 21.1 Å². The summed E-state index contributed by atoms with van der Waals surface area (Å²) in [6.45, 7) is 11.5. The van der Waals surface area contributed by atoms with Gasteiger partial charge >= 0.3 is 0 Å². The monoisotopic (exact) mass is 405 g/mol. The molecule has 20 heavy (non-hydrogen) atoms. The van der Waals surface area contributed by atoms with Crippen molar-refractivity contribution >= 4 is 31.9 Å². The second-order valence-corrected chi connectivity index (χ2v) is 7.65. The number of halogens is 2. The Balaban J connectivity index is 2.61. The van der Waals surface area contributed by atoms with Crippen LogP contribution in [-0.4, -0.2) is 13.2 Å². The van der Waals surface area contributed by atoms with Crippen molar-refractivity contribution in [2.45, 2.75) is 40.7 Å². The molecular formula is C16H25Br2NO. The highest BCUT2D eigenvalue weighted by molar-refractivity contribution is 9.11. The molecule has 0 aliphatic carbocycles. The van der Waals surface area contributed by atoms with Crippen LogP contribution in [0.25, 0.3) is 0 Å². The number of ether oxygens (including phenoxy) is 1. The van der Waals surface area contributed by atoms with Gasteiger partial charge in [-0.2, -0.15) is 0 Å². The van der Waals surface area contributed by atoms with E-state index in [1.165, 1.54) is 5.56 Å². The maximum Gasteiger partial charge on any atom is 0.147 e. The first kappa shape index (κ1) is 18.0. The van der Waals surface area contributed by atoms with Crippen LogP contribution in [0, 0.1) is 11.8 Å². The van der Waals surface area contributed by atoms with Crippen LogP contribution in [0.3, 0.4) is 0 Å². The van der Waals surface area contributed by atoms with Crippen molar-refractivity contribution in [2.75, 3.05) is 13.2 Å². The molecule has 0 saturated carbocycles. The second-order valence-electron chi connectivity index (χ2n) is 5.94. The second kappa shape index (κ2) is 9.06. The Morgan fingerprint density at radius 1 is 1.05 bits per heavy atom. The highest BCUT2D eigenvalue weighted by atomic mass is 79.9. The van der Waals surface area contributed by atoms with E-state index in [1.807, 2.05) is 0 Å². The first-order chi connectivity index (χ1) is 9.40. The van der Waals surface area contributed by atoms with Gasteiger partial charge in [0.05, 0.1) is 15.6 Å². The summed E-state index contributed by atoms with van der Waals surface area (Å²) in [5, 5.41) is 3.45. The number of hydrogen-bond acceptors (Lipinski definition) is 2. The van der Waals surface area contributed by atoms with Gasteiger partial charge in [-0.25, -0.2) is 0 Å². The van der Waals surface area contributed by atoms with Crippen molar-refractivity contribution in [1.29, 1.82) is 0 Å². The van der Waals surface area contributed by atoms with Crippen molar-refractivity contribution in [3.8, 4) is 5.75 Å². The summed E-state index contributed by atoms with van der Waals surface area (Å²) >= 11 is 7.21. The van der Waals surface area contributed by atoms with E-state index in [1.54, 1.807) is 0 Å². The summed E-state index contributed by atoms with van der Waals surface area (Å²) in [7, 11) is 0. The molecule has 0 atom stereocenters. The minimum absolute atomic E-state index is 0.659. The van der Waals surface area contributed by atoms with Crippen LogP contribution >= 0.6 is 31.9 Å². The smallest absolute Gasteiger partial charge is 0.147 e. The van der Waals surface area contributed by atoms with Gasteiger partial charge in [0.2, 0.25) is 0 Å². The number of nitrogens with one attached hydrogen (secondary N) is 1. The van der Waals surface area contributed by atoms with Gasteiger partial charge in [0, 0.05) is 6.54 Å². The molecule has 114 valence electrons. The molecule has 4 heteroatoms. The number of hydrogen-bond donors (Lipinski definition) is 1. The maximum absolute atomic E-state index is 5.86. The Hall–Kier alpha value is -0.0600. The number of rotatable bonds is 8. The standard InChI is InChI=1S/C16H25Br2NO/c1-11(2)5-6-20-16-14(17)7-13(8-15(16)18)10-19-9-12(3)4/h7-8,11-12,19H,5-6,9-10H2,1-4H3. The average Bonchev–Trinajstić information content (AvgIpc) is 2.32. The molecule has 0 fully saturated rings. The van der Waals surface area contributed by atoms with Gasteiger partial charge < -0.3 is 10.1 Å². The van der Waals surface area contributed by atoms with E-state index in [0.717, 1.165) is 40.8 Å². The first-order valence-electron chi connectivity index (χ1n) is 7.21. The molecule has 0 radical (unpaired) electrons. The zero-order chi connectivity index (χ0) is 15.1. The summed E-state index contributed by atoms with van der Waals surface area (Å²) in [6.07, 6.45) is 1.07. The average molecular weight is 407 g/mol. The Kier molecular flexibility index (Phi) is 8.15. The predicted molar refractivity (Wildman–Crippen MR) is 93.3 cm³/mol. The molecule has 1 rings (SSSR count). The molecule has 0 heterocycles. The molecule has 0 amide bonds. The van der Waals surface area contributed by atoms with E-state index in [-0.39, 0.29) is 0 Å². The summed E-state index contributed by atoms with van der Waals surface area (Å²) in [6, 6.07) is 4.26. The predicted octanol–water partition coefficient (Wildman–Crippen LogP) is 5.38. The topological polar surface area (TPSA) is 21.3 Å². The van der Waals surface area contributed by atoms with Crippen LogP contribution < -0.4 is 10.1 Å². The van der Waals surface area contributed by atoms with Gasteiger partial charge in [0.1, 0.15) is 5.75 Å². The van der Waals surface area contributed by atoms with Gasteiger partial charge in [-0.15, -0.1) is 0 Å². The first-order valence-corrected chi connectivity index (χ1v) is 8.80. The number of benzene rings is 1. The Morgan fingerprint density at radius 2 is 1.65 bits per heavy atom. The van der Waals surface area contributed by atoms with E-state index in [4.69, 9.17) is 4.74 Å². The van der Waals surface area contributed by atoms with Crippen molar-refractivity contribution in [3.63, 3.8) is 0 Å². The Labute approximate surface area is 139 Å². The fraction of sp³-hybridized carbons (Fsp3) is 0.625. The molecule has 1 aromatic carbocycles. The fourth-order valence-electron chi connectivity index (χ4n) is 1.75. The molecule has 0 spiro atoms.